The van der Waals surface area contributed by atoms with Crippen molar-refractivity contribution in [2.24, 2.45) is 0 Å². The third-order valence-electron chi connectivity index (χ3n) is 3.16. The fraction of sp³-hybridized carbons (Fsp3) is 0.312. The molecular formula is C16H20N4O4. The highest BCUT2D eigenvalue weighted by Crippen LogP contribution is 2.30. The van der Waals surface area contributed by atoms with E-state index in [9.17, 15) is 4.79 Å². The Hall–Kier alpha value is -2.87. The first-order chi connectivity index (χ1) is 11.7. The Bertz CT molecular complexity index is 676. The molecule has 0 aliphatic carbocycles. The second-order valence-corrected chi connectivity index (χ2v) is 4.74. The predicted octanol–water partition coefficient (Wildman–Crippen LogP) is 1.61. The maximum absolute atomic E-state index is 11.9. The number of carbonyl (C=O) groups excluding carboxylic acids is 1. The molecular weight excluding hydrogens is 312 g/mol. The van der Waals surface area contributed by atoms with E-state index in [0.29, 0.717) is 41.8 Å². The number of benzene rings is 1. The molecule has 24 heavy (non-hydrogen) atoms. The lowest BCUT2D eigenvalue weighted by Crippen LogP contribution is -2.27. The average Bonchev–Trinajstić information content (AvgIpc) is 2.62. The van der Waals surface area contributed by atoms with Gasteiger partial charge in [0.05, 0.1) is 32.1 Å². The summed E-state index contributed by atoms with van der Waals surface area (Å²) in [4.78, 5) is 20.1. The number of amides is 1. The fourth-order valence-corrected chi connectivity index (χ4v) is 1.90. The van der Waals surface area contributed by atoms with Crippen molar-refractivity contribution < 1.29 is 19.0 Å². The molecule has 1 aromatic carbocycles. The lowest BCUT2D eigenvalue weighted by atomic mass is 10.2. The first-order valence-corrected chi connectivity index (χ1v) is 7.26. The molecule has 0 atom stereocenters. The third kappa shape index (κ3) is 4.56. The Balaban J connectivity index is 2.05. The van der Waals surface area contributed by atoms with E-state index in [1.807, 2.05) is 0 Å². The van der Waals surface area contributed by atoms with E-state index in [2.05, 4.69) is 20.6 Å². The van der Waals surface area contributed by atoms with E-state index in [1.165, 1.54) is 12.4 Å². The van der Waals surface area contributed by atoms with Crippen molar-refractivity contribution in [1.82, 2.24) is 15.3 Å². The summed E-state index contributed by atoms with van der Waals surface area (Å²) in [6.45, 7) is 0.877. The third-order valence-corrected chi connectivity index (χ3v) is 3.16. The quantitative estimate of drug-likeness (QED) is 0.709. The van der Waals surface area contributed by atoms with Crippen LogP contribution in [0.3, 0.4) is 0 Å². The first kappa shape index (κ1) is 17.5. The van der Waals surface area contributed by atoms with Crippen molar-refractivity contribution in [3.8, 4) is 11.5 Å². The van der Waals surface area contributed by atoms with Crippen molar-refractivity contribution in [1.29, 1.82) is 0 Å². The second kappa shape index (κ2) is 8.68. The van der Waals surface area contributed by atoms with Gasteiger partial charge in [0.1, 0.15) is 11.5 Å². The highest BCUT2D eigenvalue weighted by Gasteiger charge is 2.09. The van der Waals surface area contributed by atoms with Crippen molar-refractivity contribution >= 4 is 17.5 Å². The van der Waals surface area contributed by atoms with E-state index in [4.69, 9.17) is 14.2 Å². The molecule has 0 saturated heterocycles. The summed E-state index contributed by atoms with van der Waals surface area (Å²) in [6.07, 6.45) is 2.90. The molecule has 0 aliphatic heterocycles. The molecule has 2 N–H and O–H groups in total. The largest absolute Gasteiger partial charge is 0.497 e. The number of carbonyl (C=O) groups is 1. The molecule has 0 radical (unpaired) electrons. The summed E-state index contributed by atoms with van der Waals surface area (Å²) in [6, 6.07) is 5.34. The minimum absolute atomic E-state index is 0.249. The second-order valence-electron chi connectivity index (χ2n) is 4.74. The van der Waals surface area contributed by atoms with Gasteiger partial charge in [0, 0.05) is 32.1 Å². The van der Waals surface area contributed by atoms with Gasteiger partial charge in [-0.3, -0.25) is 4.79 Å². The summed E-state index contributed by atoms with van der Waals surface area (Å²) in [5, 5.41) is 5.74. The van der Waals surface area contributed by atoms with Gasteiger partial charge in [-0.25, -0.2) is 9.97 Å². The number of nitrogens with zero attached hydrogens (tertiary/aromatic N) is 2. The number of nitrogens with one attached hydrogen (secondary N) is 2. The molecule has 128 valence electrons. The number of hydrogen-bond acceptors (Lipinski definition) is 7. The van der Waals surface area contributed by atoms with Gasteiger partial charge in [0.25, 0.3) is 5.91 Å². The number of aromatic nitrogens is 2. The molecule has 8 nitrogen and oxygen atoms in total. The maximum Gasteiger partial charge on any atom is 0.254 e. The molecule has 0 spiro atoms. The van der Waals surface area contributed by atoms with Crippen LogP contribution in [0.25, 0.3) is 0 Å². The van der Waals surface area contributed by atoms with E-state index in [0.717, 1.165) is 0 Å². The van der Waals surface area contributed by atoms with Gasteiger partial charge in [0.2, 0.25) is 5.95 Å². The van der Waals surface area contributed by atoms with E-state index < -0.39 is 0 Å². The molecule has 0 saturated carbocycles. The molecule has 8 heteroatoms. The van der Waals surface area contributed by atoms with Gasteiger partial charge in [-0.2, -0.15) is 0 Å². The van der Waals surface area contributed by atoms with Gasteiger partial charge in [-0.15, -0.1) is 0 Å². The Labute approximate surface area is 140 Å². The SMILES string of the molecule is COCCNC(=O)c1cnc(Nc2ccc(OC)cc2OC)nc1. The lowest BCUT2D eigenvalue weighted by molar-refractivity contribution is 0.0936. The summed E-state index contributed by atoms with van der Waals surface area (Å²) < 4.78 is 15.3. The molecule has 1 heterocycles. The van der Waals surface area contributed by atoms with Crippen molar-refractivity contribution in [3.05, 3.63) is 36.2 Å². The minimum Gasteiger partial charge on any atom is -0.497 e. The maximum atomic E-state index is 11.9. The lowest BCUT2D eigenvalue weighted by Gasteiger charge is -2.11. The van der Waals surface area contributed by atoms with Crippen LogP contribution in [0.4, 0.5) is 11.6 Å². The molecule has 2 rings (SSSR count). The van der Waals surface area contributed by atoms with E-state index in [1.54, 1.807) is 39.5 Å². The Kier molecular flexibility index (Phi) is 6.32. The minimum atomic E-state index is -0.249. The average molecular weight is 332 g/mol. The molecule has 0 fully saturated rings. The molecule has 2 aromatic rings. The molecule has 1 amide bonds. The number of methoxy groups -OCH3 is 3. The molecule has 1 aromatic heterocycles. The van der Waals surface area contributed by atoms with Crippen LogP contribution < -0.4 is 20.1 Å². The highest BCUT2D eigenvalue weighted by molar-refractivity contribution is 5.93. The zero-order valence-corrected chi connectivity index (χ0v) is 13.8. The normalized spacial score (nSPS) is 10.1. The summed E-state index contributed by atoms with van der Waals surface area (Å²) in [5.74, 6) is 1.38. The number of rotatable bonds is 8. The predicted molar refractivity (Wildman–Crippen MR) is 89.1 cm³/mol. The Morgan fingerprint density at radius 1 is 1.12 bits per heavy atom. The van der Waals surface area contributed by atoms with Crippen molar-refractivity contribution in [3.63, 3.8) is 0 Å². The standard InChI is InChI=1S/C16H20N4O4/c1-22-7-6-17-15(21)11-9-18-16(19-10-11)20-13-5-4-12(23-2)8-14(13)24-3/h4-5,8-10H,6-7H2,1-3H3,(H,17,21)(H,18,19,20). The molecule has 0 unspecified atom stereocenters. The van der Waals surface area contributed by atoms with E-state index in [-0.39, 0.29) is 5.91 Å². The van der Waals surface area contributed by atoms with Crippen LogP contribution in [0.2, 0.25) is 0 Å². The molecule has 0 aliphatic rings. The number of hydrogen-bond donors (Lipinski definition) is 2. The monoisotopic (exact) mass is 332 g/mol. The van der Waals surface area contributed by atoms with Crippen LogP contribution in [-0.2, 0) is 4.74 Å². The van der Waals surface area contributed by atoms with Crippen LogP contribution in [0.1, 0.15) is 10.4 Å². The topological polar surface area (TPSA) is 94.6 Å². The van der Waals surface area contributed by atoms with Gasteiger partial charge in [-0.1, -0.05) is 0 Å². The van der Waals surface area contributed by atoms with Crippen molar-refractivity contribution in [2.75, 3.05) is 39.8 Å². The van der Waals surface area contributed by atoms with Crippen LogP contribution in [0.15, 0.2) is 30.6 Å². The highest BCUT2D eigenvalue weighted by atomic mass is 16.5. The van der Waals surface area contributed by atoms with Crippen LogP contribution in [0.5, 0.6) is 11.5 Å². The zero-order chi connectivity index (χ0) is 17.4. The Morgan fingerprint density at radius 2 is 1.88 bits per heavy atom. The van der Waals surface area contributed by atoms with Crippen LogP contribution in [-0.4, -0.2) is 50.4 Å². The summed E-state index contributed by atoms with van der Waals surface area (Å²) >= 11 is 0. The Morgan fingerprint density at radius 3 is 2.50 bits per heavy atom. The number of anilines is 2. The fourth-order valence-electron chi connectivity index (χ4n) is 1.90. The zero-order valence-electron chi connectivity index (χ0n) is 13.8. The van der Waals surface area contributed by atoms with Gasteiger partial charge in [-0.05, 0) is 12.1 Å². The smallest absolute Gasteiger partial charge is 0.254 e. The van der Waals surface area contributed by atoms with Gasteiger partial charge < -0.3 is 24.8 Å². The summed E-state index contributed by atoms with van der Waals surface area (Å²) in [7, 11) is 4.72. The van der Waals surface area contributed by atoms with E-state index >= 15 is 0 Å². The van der Waals surface area contributed by atoms with Gasteiger partial charge >= 0.3 is 0 Å². The summed E-state index contributed by atoms with van der Waals surface area (Å²) in [5.41, 5.74) is 1.06. The van der Waals surface area contributed by atoms with Crippen LogP contribution >= 0.6 is 0 Å². The van der Waals surface area contributed by atoms with Gasteiger partial charge in [0.15, 0.2) is 0 Å². The molecule has 0 bridgehead atoms. The van der Waals surface area contributed by atoms with Crippen LogP contribution in [0, 0.1) is 0 Å². The van der Waals surface area contributed by atoms with Crippen molar-refractivity contribution in [2.45, 2.75) is 0 Å². The number of ether oxygens (including phenoxy) is 3. The first-order valence-electron chi connectivity index (χ1n) is 7.26.